The van der Waals surface area contributed by atoms with Gasteiger partial charge in [0.1, 0.15) is 17.0 Å². The normalized spacial score (nSPS) is 11.0. The average Bonchev–Trinajstić information content (AvgIpc) is 2.26. The molecule has 0 radical (unpaired) electrons. The van der Waals surface area contributed by atoms with E-state index in [0.29, 0.717) is 5.69 Å². The van der Waals surface area contributed by atoms with Gasteiger partial charge in [-0.2, -0.15) is 0 Å². The Hall–Kier alpha value is -1.77. The maximum absolute atomic E-state index is 9.84. The number of methoxy groups -OCH3 is 1. The van der Waals surface area contributed by atoms with Crippen molar-refractivity contribution in [1.29, 1.82) is 0 Å². The fourth-order valence-electron chi connectivity index (χ4n) is 1.76. The molecule has 2 aromatic rings. The molecule has 0 unspecified atom stereocenters. The number of aromatic hydroxyl groups is 1. The molecule has 0 spiro atoms. The molecular weight excluding hydrogens is 202 g/mol. The van der Waals surface area contributed by atoms with E-state index >= 15 is 0 Å². The van der Waals surface area contributed by atoms with E-state index in [0.717, 1.165) is 16.7 Å². The van der Waals surface area contributed by atoms with Crippen LogP contribution in [0.15, 0.2) is 24.3 Å². The van der Waals surface area contributed by atoms with Crippen molar-refractivity contribution >= 4 is 10.9 Å². The van der Waals surface area contributed by atoms with Gasteiger partial charge in [0.05, 0.1) is 12.8 Å². The van der Waals surface area contributed by atoms with Gasteiger partial charge in [0.2, 0.25) is 0 Å². The third-order valence-electron chi connectivity index (χ3n) is 2.58. The smallest absolute Gasteiger partial charge is 0.145 e. The zero-order valence-corrected chi connectivity index (χ0v) is 9.69. The molecule has 1 aromatic carbocycles. The Morgan fingerprint density at radius 3 is 2.69 bits per heavy atom. The van der Waals surface area contributed by atoms with Gasteiger partial charge in [0.15, 0.2) is 0 Å². The summed E-state index contributed by atoms with van der Waals surface area (Å²) in [7, 11) is 1.62. The molecular formula is C13H15NO2. The molecule has 16 heavy (non-hydrogen) atoms. The summed E-state index contributed by atoms with van der Waals surface area (Å²) in [6, 6.07) is 7.41. The molecule has 84 valence electrons. The van der Waals surface area contributed by atoms with Crippen molar-refractivity contribution in [1.82, 2.24) is 4.98 Å². The van der Waals surface area contributed by atoms with Crippen LogP contribution in [0.5, 0.6) is 11.5 Å². The summed E-state index contributed by atoms with van der Waals surface area (Å²) in [6.07, 6.45) is 0. The lowest BCUT2D eigenvalue weighted by molar-refractivity contribution is 0.418. The molecule has 0 saturated carbocycles. The van der Waals surface area contributed by atoms with Crippen molar-refractivity contribution in [3.05, 3.63) is 30.0 Å². The standard InChI is InChI=1S/C13H15NO2/c1-8(2)12-10(15)7-9-5-4-6-11(16-3)13(9)14-12/h4-8,15H,1-3H3. The van der Waals surface area contributed by atoms with Crippen LogP contribution in [0.25, 0.3) is 10.9 Å². The first-order chi connectivity index (χ1) is 7.63. The van der Waals surface area contributed by atoms with Gasteiger partial charge in [-0.05, 0) is 18.1 Å². The molecule has 0 atom stereocenters. The molecule has 1 aromatic heterocycles. The van der Waals surface area contributed by atoms with E-state index in [4.69, 9.17) is 4.74 Å². The SMILES string of the molecule is COc1cccc2cc(O)c(C(C)C)nc12. The van der Waals surface area contributed by atoms with Crippen LogP contribution in [-0.4, -0.2) is 17.2 Å². The Bertz CT molecular complexity index is 521. The number of fused-ring (bicyclic) bond motifs is 1. The fourth-order valence-corrected chi connectivity index (χ4v) is 1.76. The maximum Gasteiger partial charge on any atom is 0.145 e. The first-order valence-electron chi connectivity index (χ1n) is 5.30. The van der Waals surface area contributed by atoms with Crippen LogP contribution < -0.4 is 4.74 Å². The van der Waals surface area contributed by atoms with Gasteiger partial charge in [0.25, 0.3) is 0 Å². The van der Waals surface area contributed by atoms with Crippen LogP contribution in [0.1, 0.15) is 25.5 Å². The summed E-state index contributed by atoms with van der Waals surface area (Å²) in [6.45, 7) is 4.01. The average molecular weight is 217 g/mol. The predicted octanol–water partition coefficient (Wildman–Crippen LogP) is 3.07. The Labute approximate surface area is 94.7 Å². The highest BCUT2D eigenvalue weighted by Gasteiger charge is 2.11. The van der Waals surface area contributed by atoms with Gasteiger partial charge in [-0.25, -0.2) is 4.98 Å². The van der Waals surface area contributed by atoms with Crippen LogP contribution >= 0.6 is 0 Å². The van der Waals surface area contributed by atoms with Crippen molar-refractivity contribution in [3.8, 4) is 11.5 Å². The lowest BCUT2D eigenvalue weighted by Crippen LogP contribution is -1.95. The summed E-state index contributed by atoms with van der Waals surface area (Å²) >= 11 is 0. The van der Waals surface area contributed by atoms with Gasteiger partial charge in [-0.3, -0.25) is 0 Å². The van der Waals surface area contributed by atoms with E-state index in [1.165, 1.54) is 0 Å². The largest absolute Gasteiger partial charge is 0.506 e. The molecule has 0 saturated heterocycles. The summed E-state index contributed by atoms with van der Waals surface area (Å²) in [5.74, 6) is 1.17. The maximum atomic E-state index is 9.84. The third-order valence-corrected chi connectivity index (χ3v) is 2.58. The second-order valence-electron chi connectivity index (χ2n) is 4.08. The highest BCUT2D eigenvalue weighted by atomic mass is 16.5. The van der Waals surface area contributed by atoms with Gasteiger partial charge < -0.3 is 9.84 Å². The van der Waals surface area contributed by atoms with E-state index < -0.39 is 0 Å². The van der Waals surface area contributed by atoms with E-state index in [1.54, 1.807) is 13.2 Å². The molecule has 1 heterocycles. The lowest BCUT2D eigenvalue weighted by Gasteiger charge is -2.10. The minimum absolute atomic E-state index is 0.189. The van der Waals surface area contributed by atoms with Crippen LogP contribution in [0, 0.1) is 0 Å². The van der Waals surface area contributed by atoms with Crippen LogP contribution in [0.2, 0.25) is 0 Å². The quantitative estimate of drug-likeness (QED) is 0.840. The third kappa shape index (κ3) is 1.69. The topological polar surface area (TPSA) is 42.4 Å². The molecule has 0 amide bonds. The molecule has 1 N–H and O–H groups in total. The molecule has 3 nitrogen and oxygen atoms in total. The summed E-state index contributed by atoms with van der Waals surface area (Å²) in [5, 5.41) is 10.7. The second-order valence-corrected chi connectivity index (χ2v) is 4.08. The summed E-state index contributed by atoms with van der Waals surface area (Å²) < 4.78 is 5.26. The van der Waals surface area contributed by atoms with Gasteiger partial charge >= 0.3 is 0 Å². The number of ether oxygens (including phenoxy) is 1. The number of benzene rings is 1. The van der Waals surface area contributed by atoms with Crippen molar-refractivity contribution in [2.24, 2.45) is 0 Å². The zero-order valence-electron chi connectivity index (χ0n) is 9.69. The van der Waals surface area contributed by atoms with Gasteiger partial charge in [-0.1, -0.05) is 26.0 Å². The fraction of sp³-hybridized carbons (Fsp3) is 0.308. The minimum atomic E-state index is 0.189. The number of hydrogen-bond donors (Lipinski definition) is 1. The molecule has 0 aliphatic carbocycles. The van der Waals surface area contributed by atoms with Gasteiger partial charge in [0, 0.05) is 5.39 Å². The summed E-state index contributed by atoms with van der Waals surface area (Å²) in [5.41, 5.74) is 1.50. The van der Waals surface area contributed by atoms with Gasteiger partial charge in [-0.15, -0.1) is 0 Å². The first-order valence-corrected chi connectivity index (χ1v) is 5.30. The van der Waals surface area contributed by atoms with Crippen LogP contribution in [-0.2, 0) is 0 Å². The second kappa shape index (κ2) is 4.00. The van der Waals surface area contributed by atoms with E-state index in [9.17, 15) is 5.11 Å². The molecule has 3 heteroatoms. The van der Waals surface area contributed by atoms with E-state index in [2.05, 4.69) is 4.98 Å². The number of aromatic nitrogens is 1. The Balaban J connectivity index is 2.75. The molecule has 0 aliphatic heterocycles. The Kier molecular flexibility index (Phi) is 2.69. The van der Waals surface area contributed by atoms with Crippen LogP contribution in [0.4, 0.5) is 0 Å². The van der Waals surface area contributed by atoms with Crippen molar-refractivity contribution in [2.75, 3.05) is 7.11 Å². The van der Waals surface area contributed by atoms with Crippen LogP contribution in [0.3, 0.4) is 0 Å². The molecule has 0 aliphatic rings. The molecule has 0 fully saturated rings. The Morgan fingerprint density at radius 1 is 1.31 bits per heavy atom. The Morgan fingerprint density at radius 2 is 2.06 bits per heavy atom. The highest BCUT2D eigenvalue weighted by Crippen LogP contribution is 2.31. The zero-order chi connectivity index (χ0) is 11.7. The van der Waals surface area contributed by atoms with Crippen molar-refractivity contribution in [3.63, 3.8) is 0 Å². The van der Waals surface area contributed by atoms with Crippen molar-refractivity contribution in [2.45, 2.75) is 19.8 Å². The van der Waals surface area contributed by atoms with E-state index in [-0.39, 0.29) is 11.7 Å². The number of rotatable bonds is 2. The molecule has 2 rings (SSSR count). The lowest BCUT2D eigenvalue weighted by atomic mass is 10.1. The number of pyridine rings is 1. The minimum Gasteiger partial charge on any atom is -0.506 e. The molecule has 0 bridgehead atoms. The monoisotopic (exact) mass is 217 g/mol. The first kappa shape index (κ1) is 10.7. The predicted molar refractivity (Wildman–Crippen MR) is 64.0 cm³/mol. The highest BCUT2D eigenvalue weighted by molar-refractivity contribution is 5.85. The summed E-state index contributed by atoms with van der Waals surface area (Å²) in [4.78, 5) is 4.47. The van der Waals surface area contributed by atoms with E-state index in [1.807, 2.05) is 32.0 Å². The number of hydrogen-bond acceptors (Lipinski definition) is 3. The number of nitrogens with zero attached hydrogens (tertiary/aromatic N) is 1. The number of para-hydroxylation sites is 1. The van der Waals surface area contributed by atoms with Crippen molar-refractivity contribution < 1.29 is 9.84 Å².